The van der Waals surface area contributed by atoms with Crippen LogP contribution in [-0.4, -0.2) is 35.9 Å². The second-order valence-electron chi connectivity index (χ2n) is 6.46. The van der Waals surface area contributed by atoms with E-state index in [0.29, 0.717) is 5.92 Å². The molecule has 25 heavy (non-hydrogen) atoms. The highest BCUT2D eigenvalue weighted by Crippen LogP contribution is 2.08. The first kappa shape index (κ1) is 21.5. The number of hydrogen-bond acceptors (Lipinski definition) is 2. The van der Waals surface area contributed by atoms with Gasteiger partial charge in [0.2, 0.25) is 0 Å². The normalized spacial score (nSPS) is 12.4. The molecule has 2 N–H and O–H groups in total. The second-order valence-corrected chi connectivity index (χ2v) is 6.46. The Bertz CT molecular complexity index is 632. The molecule has 0 spiro atoms. The predicted molar refractivity (Wildman–Crippen MR) is 116 cm³/mol. The summed E-state index contributed by atoms with van der Waals surface area (Å²) in [5.74, 6) is 1.33. The fourth-order valence-electron chi connectivity index (χ4n) is 2.82. The third-order valence-corrected chi connectivity index (χ3v) is 3.89. The second kappa shape index (κ2) is 11.1. The lowest BCUT2D eigenvalue weighted by molar-refractivity contribution is 0.443. The molecule has 1 unspecified atom stereocenters. The first-order valence-corrected chi connectivity index (χ1v) is 8.56. The van der Waals surface area contributed by atoms with Gasteiger partial charge in [0, 0.05) is 39.1 Å². The molecule has 0 aliphatic heterocycles. The molecular formula is C19H30IN5. The molecule has 0 radical (unpaired) electrons. The molecular weight excluding hydrogens is 425 g/mol. The van der Waals surface area contributed by atoms with E-state index in [0.717, 1.165) is 32.0 Å². The highest BCUT2D eigenvalue weighted by atomic mass is 127. The summed E-state index contributed by atoms with van der Waals surface area (Å²) in [5, 5.41) is 11.0. The molecule has 5 nitrogen and oxygen atoms in total. The van der Waals surface area contributed by atoms with Crippen LogP contribution < -0.4 is 10.6 Å². The van der Waals surface area contributed by atoms with E-state index in [1.54, 1.807) is 0 Å². The minimum atomic E-state index is 0. The van der Waals surface area contributed by atoms with Crippen LogP contribution in [0.15, 0.2) is 41.7 Å². The van der Waals surface area contributed by atoms with Gasteiger partial charge in [0.25, 0.3) is 0 Å². The smallest absolute Gasteiger partial charge is 0.190 e. The van der Waals surface area contributed by atoms with Gasteiger partial charge >= 0.3 is 0 Å². The summed E-state index contributed by atoms with van der Waals surface area (Å²) in [5.41, 5.74) is 4.00. The summed E-state index contributed by atoms with van der Waals surface area (Å²) in [6, 6.07) is 8.65. The van der Waals surface area contributed by atoms with Crippen molar-refractivity contribution < 1.29 is 0 Å². The van der Waals surface area contributed by atoms with Gasteiger partial charge in [-0.25, -0.2) is 0 Å². The molecule has 1 aromatic heterocycles. The molecule has 0 bridgehead atoms. The summed E-state index contributed by atoms with van der Waals surface area (Å²) < 4.78 is 1.96. The standard InChI is InChI=1S/C19H29N5.HI/c1-15-10-16(2)12-18(11-15)6-8-21-19(20-4)22-13-17(3)14-24-9-5-7-23-24;/h5,7,9-12,17H,6,8,13-14H2,1-4H3,(H2,20,21,22);1H. The summed E-state index contributed by atoms with van der Waals surface area (Å²) in [4.78, 5) is 4.30. The van der Waals surface area contributed by atoms with Crippen molar-refractivity contribution in [2.45, 2.75) is 33.7 Å². The van der Waals surface area contributed by atoms with Crippen LogP contribution in [0.2, 0.25) is 0 Å². The number of aryl methyl sites for hydroxylation is 2. The van der Waals surface area contributed by atoms with E-state index in [-0.39, 0.29) is 24.0 Å². The molecule has 1 atom stereocenters. The minimum Gasteiger partial charge on any atom is -0.356 e. The maximum atomic E-state index is 4.30. The molecule has 0 saturated carbocycles. The van der Waals surface area contributed by atoms with E-state index in [4.69, 9.17) is 0 Å². The molecule has 0 aliphatic carbocycles. The number of nitrogens with zero attached hydrogens (tertiary/aromatic N) is 3. The quantitative estimate of drug-likeness (QED) is 0.383. The summed E-state index contributed by atoms with van der Waals surface area (Å²) >= 11 is 0. The highest BCUT2D eigenvalue weighted by molar-refractivity contribution is 14.0. The number of hydrogen-bond donors (Lipinski definition) is 2. The third kappa shape index (κ3) is 7.90. The van der Waals surface area contributed by atoms with Crippen molar-refractivity contribution >= 4 is 29.9 Å². The van der Waals surface area contributed by atoms with Crippen molar-refractivity contribution in [1.82, 2.24) is 20.4 Å². The number of aromatic nitrogens is 2. The van der Waals surface area contributed by atoms with E-state index >= 15 is 0 Å². The van der Waals surface area contributed by atoms with Gasteiger partial charge in [-0.15, -0.1) is 24.0 Å². The van der Waals surface area contributed by atoms with Crippen molar-refractivity contribution in [1.29, 1.82) is 0 Å². The van der Waals surface area contributed by atoms with E-state index in [1.807, 2.05) is 30.2 Å². The van der Waals surface area contributed by atoms with Gasteiger partial charge in [-0.1, -0.05) is 36.2 Å². The first-order valence-electron chi connectivity index (χ1n) is 8.56. The van der Waals surface area contributed by atoms with Gasteiger partial charge in [-0.2, -0.15) is 5.10 Å². The van der Waals surface area contributed by atoms with Gasteiger partial charge < -0.3 is 10.6 Å². The molecule has 0 aliphatic rings. The van der Waals surface area contributed by atoms with Gasteiger partial charge in [-0.05, 0) is 37.8 Å². The van der Waals surface area contributed by atoms with Crippen molar-refractivity contribution in [3.8, 4) is 0 Å². The number of nitrogens with one attached hydrogen (secondary N) is 2. The molecule has 6 heteroatoms. The number of benzene rings is 1. The number of guanidine groups is 1. The zero-order valence-corrected chi connectivity index (χ0v) is 18.0. The van der Waals surface area contributed by atoms with Crippen molar-refractivity contribution in [3.63, 3.8) is 0 Å². The molecule has 2 aromatic rings. The van der Waals surface area contributed by atoms with Crippen LogP contribution >= 0.6 is 24.0 Å². The molecule has 0 saturated heterocycles. The summed E-state index contributed by atoms with van der Waals surface area (Å²) in [6.45, 7) is 9.13. The molecule has 0 fully saturated rings. The lowest BCUT2D eigenvalue weighted by atomic mass is 10.1. The van der Waals surface area contributed by atoms with E-state index < -0.39 is 0 Å². The Balaban J connectivity index is 0.00000312. The molecule has 1 heterocycles. The Hall–Kier alpha value is -1.57. The third-order valence-electron chi connectivity index (χ3n) is 3.89. The van der Waals surface area contributed by atoms with E-state index in [9.17, 15) is 0 Å². The molecule has 1 aromatic carbocycles. The van der Waals surface area contributed by atoms with Crippen LogP contribution in [0.3, 0.4) is 0 Å². The Morgan fingerprint density at radius 2 is 1.92 bits per heavy atom. The number of aliphatic imine (C=N–C) groups is 1. The maximum absolute atomic E-state index is 4.30. The van der Waals surface area contributed by atoms with Gasteiger partial charge in [0.1, 0.15) is 0 Å². The molecule has 2 rings (SSSR count). The van der Waals surface area contributed by atoms with Gasteiger partial charge in [0.05, 0.1) is 0 Å². The lowest BCUT2D eigenvalue weighted by Crippen LogP contribution is -2.40. The fraction of sp³-hybridized carbons (Fsp3) is 0.474. The van der Waals surface area contributed by atoms with Crippen LogP contribution in [-0.2, 0) is 13.0 Å². The van der Waals surface area contributed by atoms with Gasteiger partial charge in [-0.3, -0.25) is 9.67 Å². The largest absolute Gasteiger partial charge is 0.356 e. The Labute approximate surface area is 168 Å². The van der Waals surface area contributed by atoms with Crippen LogP contribution in [0.25, 0.3) is 0 Å². The zero-order valence-electron chi connectivity index (χ0n) is 15.6. The van der Waals surface area contributed by atoms with Crippen LogP contribution in [0, 0.1) is 19.8 Å². The minimum absolute atomic E-state index is 0. The maximum Gasteiger partial charge on any atom is 0.190 e. The van der Waals surface area contributed by atoms with Crippen molar-refractivity contribution in [3.05, 3.63) is 53.3 Å². The van der Waals surface area contributed by atoms with Crippen LogP contribution in [0.5, 0.6) is 0 Å². The van der Waals surface area contributed by atoms with Crippen molar-refractivity contribution in [2.24, 2.45) is 10.9 Å². The summed E-state index contributed by atoms with van der Waals surface area (Å²) in [7, 11) is 1.81. The monoisotopic (exact) mass is 455 g/mol. The highest BCUT2D eigenvalue weighted by Gasteiger charge is 2.05. The number of halogens is 1. The predicted octanol–water partition coefficient (Wildman–Crippen LogP) is 3.16. The molecule has 0 amide bonds. The lowest BCUT2D eigenvalue weighted by Gasteiger charge is -2.16. The first-order chi connectivity index (χ1) is 11.6. The topological polar surface area (TPSA) is 54.2 Å². The SMILES string of the molecule is CN=C(NCCc1cc(C)cc(C)c1)NCC(C)Cn1cccn1.I. The Kier molecular flexibility index (Phi) is 9.55. The van der Waals surface area contributed by atoms with E-state index in [2.05, 4.69) is 59.7 Å². The Morgan fingerprint density at radius 1 is 1.20 bits per heavy atom. The molecule has 138 valence electrons. The van der Waals surface area contributed by atoms with Crippen LogP contribution in [0.1, 0.15) is 23.6 Å². The fourth-order valence-corrected chi connectivity index (χ4v) is 2.82. The Morgan fingerprint density at radius 3 is 2.52 bits per heavy atom. The van der Waals surface area contributed by atoms with E-state index in [1.165, 1.54) is 16.7 Å². The average Bonchev–Trinajstić information content (AvgIpc) is 3.02. The summed E-state index contributed by atoms with van der Waals surface area (Å²) in [6.07, 6.45) is 4.80. The van der Waals surface area contributed by atoms with Gasteiger partial charge in [0.15, 0.2) is 5.96 Å². The van der Waals surface area contributed by atoms with Crippen molar-refractivity contribution in [2.75, 3.05) is 20.1 Å². The average molecular weight is 455 g/mol. The zero-order chi connectivity index (χ0) is 17.4. The van der Waals surface area contributed by atoms with Crippen LogP contribution in [0.4, 0.5) is 0 Å². The number of rotatable bonds is 7.